The van der Waals surface area contributed by atoms with E-state index in [2.05, 4.69) is 79.8 Å². The quantitative estimate of drug-likeness (QED) is 0.713. The maximum Gasteiger partial charge on any atom is 0.192 e. The van der Waals surface area contributed by atoms with Crippen LogP contribution >= 0.6 is 0 Å². The first-order valence-corrected chi connectivity index (χ1v) is 12.4. The molecule has 4 atom stereocenters. The second kappa shape index (κ2) is 7.55. The lowest BCUT2D eigenvalue weighted by Crippen LogP contribution is -2.51. The highest BCUT2D eigenvalue weighted by atomic mass is 28.4. The maximum atomic E-state index is 6.76. The number of benzene rings is 1. The standard InChI is InChI=1S/C20H35BO3Si/c1-8-20(5)17(22-14-15-12-10-9-11-13-15)16(18(21)23-20)24-25(6,7)19(2,3)4/h9-13,16-18H,8,14,21H2,1-7H3/t16-,17?,18+,20+/m0/s1. The zero-order valence-electron chi connectivity index (χ0n) is 17.3. The van der Waals surface area contributed by atoms with Crippen LogP contribution in [0.1, 0.15) is 46.6 Å². The molecule has 1 aliphatic heterocycles. The third-order valence-electron chi connectivity index (χ3n) is 6.03. The lowest BCUT2D eigenvalue weighted by molar-refractivity contribution is -0.0964. The fraction of sp³-hybridized carbons (Fsp3) is 0.700. The Balaban J connectivity index is 2.20. The molecule has 0 N–H and O–H groups in total. The fourth-order valence-electron chi connectivity index (χ4n) is 3.14. The summed E-state index contributed by atoms with van der Waals surface area (Å²) >= 11 is 0. The molecule has 1 aromatic rings. The highest BCUT2D eigenvalue weighted by molar-refractivity contribution is 6.74. The first-order valence-electron chi connectivity index (χ1n) is 9.51. The summed E-state index contributed by atoms with van der Waals surface area (Å²) in [6.07, 6.45) is 0.838. The molecule has 0 spiro atoms. The third-order valence-corrected chi connectivity index (χ3v) is 10.5. The molecule has 0 aromatic heterocycles. The molecule has 1 aliphatic rings. The predicted octanol–water partition coefficient (Wildman–Crippen LogP) is 4.12. The SMILES string of the molecule is B[C@@H]1O[C@](C)(CC)C(OCc2ccccc2)[C@@H]1O[Si](C)(C)C(C)(C)C. The van der Waals surface area contributed by atoms with E-state index in [9.17, 15) is 0 Å². The Bertz CT molecular complexity index is 558. The van der Waals surface area contributed by atoms with Gasteiger partial charge >= 0.3 is 0 Å². The van der Waals surface area contributed by atoms with Crippen LogP contribution in [0.4, 0.5) is 0 Å². The van der Waals surface area contributed by atoms with Crippen molar-refractivity contribution in [3.05, 3.63) is 35.9 Å². The first-order chi connectivity index (χ1) is 11.5. The second-order valence-electron chi connectivity index (χ2n) is 9.05. The number of hydrogen-bond acceptors (Lipinski definition) is 3. The minimum absolute atomic E-state index is 0.0189. The van der Waals surface area contributed by atoms with Crippen LogP contribution < -0.4 is 0 Å². The van der Waals surface area contributed by atoms with E-state index in [0.717, 1.165) is 6.42 Å². The Hall–Kier alpha value is -0.618. The minimum Gasteiger partial charge on any atom is -0.409 e. The molecular formula is C20H35BO3Si. The molecule has 1 fully saturated rings. The summed E-state index contributed by atoms with van der Waals surface area (Å²) in [5.41, 5.74) is 0.882. The normalized spacial score (nSPS) is 30.6. The zero-order valence-corrected chi connectivity index (χ0v) is 18.3. The van der Waals surface area contributed by atoms with Gasteiger partial charge in [-0.2, -0.15) is 0 Å². The molecule has 0 aliphatic carbocycles. The molecule has 5 heteroatoms. The van der Waals surface area contributed by atoms with Gasteiger partial charge < -0.3 is 13.9 Å². The van der Waals surface area contributed by atoms with Gasteiger partial charge in [-0.1, -0.05) is 58.0 Å². The maximum absolute atomic E-state index is 6.76. The molecule has 0 saturated carbocycles. The second-order valence-corrected chi connectivity index (χ2v) is 13.8. The summed E-state index contributed by atoms with van der Waals surface area (Å²) in [6, 6.07) is 10.4. The molecule has 140 valence electrons. The summed E-state index contributed by atoms with van der Waals surface area (Å²) in [7, 11) is 0.225. The van der Waals surface area contributed by atoms with Gasteiger partial charge in [-0.05, 0) is 37.0 Å². The topological polar surface area (TPSA) is 27.7 Å². The van der Waals surface area contributed by atoms with E-state index >= 15 is 0 Å². The van der Waals surface area contributed by atoms with Crippen molar-refractivity contribution in [3.8, 4) is 0 Å². The van der Waals surface area contributed by atoms with Crippen LogP contribution in [0.15, 0.2) is 30.3 Å². The van der Waals surface area contributed by atoms with Crippen molar-refractivity contribution in [3.63, 3.8) is 0 Å². The molecular weight excluding hydrogens is 327 g/mol. The smallest absolute Gasteiger partial charge is 0.192 e. The van der Waals surface area contributed by atoms with Crippen molar-refractivity contribution in [2.24, 2.45) is 0 Å². The summed E-state index contributed by atoms with van der Waals surface area (Å²) in [5.74, 6) is 0. The van der Waals surface area contributed by atoms with Crippen LogP contribution in [0.5, 0.6) is 0 Å². The Labute approximate surface area is 156 Å². The molecule has 3 nitrogen and oxygen atoms in total. The average Bonchev–Trinajstić information content (AvgIpc) is 2.76. The van der Waals surface area contributed by atoms with Crippen molar-refractivity contribution in [2.45, 2.75) is 89.6 Å². The molecule has 1 aromatic carbocycles. The van der Waals surface area contributed by atoms with Crippen LogP contribution in [0.3, 0.4) is 0 Å². The van der Waals surface area contributed by atoms with Crippen LogP contribution in [-0.4, -0.2) is 40.0 Å². The van der Waals surface area contributed by atoms with Crippen molar-refractivity contribution >= 4 is 16.2 Å². The van der Waals surface area contributed by atoms with E-state index in [1.54, 1.807) is 0 Å². The summed E-state index contributed by atoms with van der Waals surface area (Å²) < 4.78 is 19.5. The van der Waals surface area contributed by atoms with E-state index in [0.29, 0.717) is 6.61 Å². The van der Waals surface area contributed by atoms with Crippen molar-refractivity contribution in [1.29, 1.82) is 0 Å². The lowest BCUT2D eigenvalue weighted by Gasteiger charge is -2.41. The highest BCUT2D eigenvalue weighted by Crippen LogP contribution is 2.43. The number of hydrogen-bond donors (Lipinski definition) is 0. The van der Waals surface area contributed by atoms with Crippen molar-refractivity contribution in [1.82, 2.24) is 0 Å². The Morgan fingerprint density at radius 2 is 1.80 bits per heavy atom. The van der Waals surface area contributed by atoms with E-state index in [1.807, 2.05) is 6.07 Å². The largest absolute Gasteiger partial charge is 0.409 e. The van der Waals surface area contributed by atoms with E-state index < -0.39 is 8.32 Å². The summed E-state index contributed by atoms with van der Waals surface area (Å²) in [4.78, 5) is 0. The van der Waals surface area contributed by atoms with E-state index in [1.165, 1.54) is 5.56 Å². The van der Waals surface area contributed by atoms with E-state index in [-0.39, 0.29) is 28.9 Å². The third kappa shape index (κ3) is 4.57. The molecule has 0 bridgehead atoms. The van der Waals surface area contributed by atoms with Crippen molar-refractivity contribution < 1.29 is 13.9 Å². The van der Waals surface area contributed by atoms with E-state index in [4.69, 9.17) is 13.9 Å². The molecule has 25 heavy (non-hydrogen) atoms. The van der Waals surface area contributed by atoms with Gasteiger partial charge in [0.2, 0.25) is 0 Å². The Kier molecular flexibility index (Phi) is 6.25. The molecule has 1 unspecified atom stereocenters. The molecule has 1 saturated heterocycles. The monoisotopic (exact) mass is 362 g/mol. The Morgan fingerprint density at radius 1 is 1.20 bits per heavy atom. The molecule has 0 radical (unpaired) electrons. The molecule has 2 rings (SSSR count). The molecule has 1 heterocycles. The number of rotatable bonds is 6. The van der Waals surface area contributed by atoms with Gasteiger partial charge in [0.25, 0.3) is 0 Å². The average molecular weight is 362 g/mol. The lowest BCUT2D eigenvalue weighted by atomic mass is 9.89. The predicted molar refractivity (Wildman–Crippen MR) is 109 cm³/mol. The van der Waals surface area contributed by atoms with Gasteiger partial charge in [0.1, 0.15) is 14.0 Å². The minimum atomic E-state index is -1.90. The van der Waals surface area contributed by atoms with Crippen LogP contribution in [0.25, 0.3) is 0 Å². The van der Waals surface area contributed by atoms with Gasteiger partial charge in [-0.25, -0.2) is 0 Å². The van der Waals surface area contributed by atoms with Gasteiger partial charge in [0.15, 0.2) is 8.32 Å². The first kappa shape index (κ1) is 20.7. The van der Waals surface area contributed by atoms with Gasteiger partial charge in [-0.15, -0.1) is 0 Å². The number of ether oxygens (including phenoxy) is 2. The Morgan fingerprint density at radius 3 is 2.32 bits per heavy atom. The fourth-order valence-corrected chi connectivity index (χ4v) is 4.49. The highest BCUT2D eigenvalue weighted by Gasteiger charge is 2.53. The summed E-state index contributed by atoms with van der Waals surface area (Å²) in [6.45, 7) is 16.4. The van der Waals surface area contributed by atoms with Gasteiger partial charge in [-0.3, -0.25) is 0 Å². The zero-order chi connectivity index (χ0) is 18.9. The van der Waals surface area contributed by atoms with Crippen molar-refractivity contribution in [2.75, 3.05) is 0 Å². The molecule has 0 amide bonds. The van der Waals surface area contributed by atoms with Crippen LogP contribution in [0, 0.1) is 0 Å². The van der Waals surface area contributed by atoms with Gasteiger partial charge in [0.05, 0.1) is 24.3 Å². The van der Waals surface area contributed by atoms with Crippen LogP contribution in [-0.2, 0) is 20.5 Å². The summed E-state index contributed by atoms with van der Waals surface area (Å²) in [5, 5.41) is 0.169. The van der Waals surface area contributed by atoms with Crippen LogP contribution in [0.2, 0.25) is 18.1 Å². The van der Waals surface area contributed by atoms with Gasteiger partial charge in [0, 0.05) is 0 Å².